The Morgan fingerprint density at radius 1 is 0.969 bits per heavy atom. The summed E-state index contributed by atoms with van der Waals surface area (Å²) in [5.41, 5.74) is 3.42. The lowest BCUT2D eigenvalue weighted by Gasteiger charge is -2.32. The normalized spacial score (nSPS) is 15.1. The smallest absolute Gasteiger partial charge is 0.222 e. The minimum Gasteiger partial charge on any atom is -0.352 e. The summed E-state index contributed by atoms with van der Waals surface area (Å²) in [6.07, 6.45) is 6.29. The standard InChI is InChI=1S/C28H38N2O2/c1-22(2)28(32)29-21-23-10-9-13-26(20-23)24-15-18-30(19-16-24)17-8-4-7-14-27(31)25-11-5-3-6-12-25/h3,5-6,9-13,20,22,24H,4,7-8,14-19,21H2,1-2H3,(H,29,32). The zero-order valence-electron chi connectivity index (χ0n) is 19.7. The monoisotopic (exact) mass is 434 g/mol. The Hall–Kier alpha value is -2.46. The van der Waals surface area contributed by atoms with Gasteiger partial charge >= 0.3 is 0 Å². The third-order valence-corrected chi connectivity index (χ3v) is 6.48. The van der Waals surface area contributed by atoms with Crippen LogP contribution in [0.15, 0.2) is 54.6 Å². The first-order valence-corrected chi connectivity index (χ1v) is 12.2. The molecule has 1 heterocycles. The van der Waals surface area contributed by atoms with E-state index in [1.807, 2.05) is 44.2 Å². The molecule has 0 spiro atoms. The van der Waals surface area contributed by atoms with Gasteiger partial charge in [-0.15, -0.1) is 0 Å². The van der Waals surface area contributed by atoms with Crippen LogP contribution >= 0.6 is 0 Å². The highest BCUT2D eigenvalue weighted by Crippen LogP contribution is 2.28. The maximum absolute atomic E-state index is 12.2. The average Bonchev–Trinajstić information content (AvgIpc) is 2.83. The molecule has 0 unspecified atom stereocenters. The van der Waals surface area contributed by atoms with Crippen molar-refractivity contribution in [3.63, 3.8) is 0 Å². The number of piperidine rings is 1. The second-order valence-corrected chi connectivity index (χ2v) is 9.33. The second-order valence-electron chi connectivity index (χ2n) is 9.33. The number of carbonyl (C=O) groups is 2. The summed E-state index contributed by atoms with van der Waals surface area (Å²) in [6.45, 7) is 7.86. The summed E-state index contributed by atoms with van der Waals surface area (Å²) in [4.78, 5) is 26.6. The number of benzene rings is 2. The van der Waals surface area contributed by atoms with Crippen LogP contribution in [-0.4, -0.2) is 36.2 Å². The van der Waals surface area contributed by atoms with Gasteiger partial charge < -0.3 is 10.2 Å². The fraction of sp³-hybridized carbons (Fsp3) is 0.500. The largest absolute Gasteiger partial charge is 0.352 e. The Kier molecular flexibility index (Phi) is 9.48. The van der Waals surface area contributed by atoms with Gasteiger partial charge in [0.15, 0.2) is 5.78 Å². The molecule has 1 fully saturated rings. The van der Waals surface area contributed by atoms with Gasteiger partial charge in [0.05, 0.1) is 0 Å². The summed E-state index contributed by atoms with van der Waals surface area (Å²) in [6, 6.07) is 18.3. The molecule has 0 saturated carbocycles. The summed E-state index contributed by atoms with van der Waals surface area (Å²) >= 11 is 0. The molecule has 1 N–H and O–H groups in total. The molecule has 0 bridgehead atoms. The minimum atomic E-state index is 0.0202. The highest BCUT2D eigenvalue weighted by Gasteiger charge is 2.20. The molecular weight excluding hydrogens is 396 g/mol. The van der Waals surface area contributed by atoms with E-state index >= 15 is 0 Å². The van der Waals surface area contributed by atoms with Gasteiger partial charge in [0.1, 0.15) is 0 Å². The van der Waals surface area contributed by atoms with Crippen LogP contribution in [0.3, 0.4) is 0 Å². The topological polar surface area (TPSA) is 49.4 Å². The summed E-state index contributed by atoms with van der Waals surface area (Å²) < 4.78 is 0. The third kappa shape index (κ3) is 7.59. The fourth-order valence-electron chi connectivity index (χ4n) is 4.41. The Labute approximate surface area is 193 Å². The quantitative estimate of drug-likeness (QED) is 0.371. The highest BCUT2D eigenvalue weighted by atomic mass is 16.1. The van der Waals surface area contributed by atoms with Gasteiger partial charge in [0, 0.05) is 24.4 Å². The van der Waals surface area contributed by atoms with Crippen molar-refractivity contribution >= 4 is 11.7 Å². The van der Waals surface area contributed by atoms with Gasteiger partial charge in [-0.2, -0.15) is 0 Å². The van der Waals surface area contributed by atoms with E-state index in [-0.39, 0.29) is 17.6 Å². The molecule has 0 atom stereocenters. The predicted molar refractivity (Wildman–Crippen MR) is 131 cm³/mol. The number of carbonyl (C=O) groups excluding carboxylic acids is 2. The van der Waals surface area contributed by atoms with E-state index in [2.05, 4.69) is 34.5 Å². The lowest BCUT2D eigenvalue weighted by atomic mass is 9.88. The molecule has 0 aliphatic carbocycles. The molecule has 1 amide bonds. The summed E-state index contributed by atoms with van der Waals surface area (Å²) in [7, 11) is 0. The van der Waals surface area contributed by atoms with E-state index in [1.54, 1.807) is 0 Å². The van der Waals surface area contributed by atoms with Crippen molar-refractivity contribution in [2.75, 3.05) is 19.6 Å². The second kappa shape index (κ2) is 12.5. The van der Waals surface area contributed by atoms with Crippen LogP contribution < -0.4 is 5.32 Å². The van der Waals surface area contributed by atoms with Crippen molar-refractivity contribution in [2.24, 2.45) is 5.92 Å². The van der Waals surface area contributed by atoms with Crippen molar-refractivity contribution in [3.05, 3.63) is 71.3 Å². The van der Waals surface area contributed by atoms with Crippen molar-refractivity contribution in [1.82, 2.24) is 10.2 Å². The third-order valence-electron chi connectivity index (χ3n) is 6.48. The van der Waals surface area contributed by atoms with Gasteiger partial charge in [-0.05, 0) is 62.4 Å². The first-order valence-electron chi connectivity index (χ1n) is 12.2. The molecule has 2 aromatic carbocycles. The number of amides is 1. The van der Waals surface area contributed by atoms with Gasteiger partial charge in [-0.25, -0.2) is 0 Å². The zero-order chi connectivity index (χ0) is 22.8. The highest BCUT2D eigenvalue weighted by molar-refractivity contribution is 5.95. The zero-order valence-corrected chi connectivity index (χ0v) is 19.7. The Bertz CT molecular complexity index is 855. The Morgan fingerprint density at radius 3 is 2.44 bits per heavy atom. The summed E-state index contributed by atoms with van der Waals surface area (Å²) in [5.74, 6) is 0.993. The molecule has 1 aliphatic rings. The SMILES string of the molecule is CC(C)C(=O)NCc1cccc(C2CCN(CCCCCC(=O)c3ccccc3)CC2)c1. The lowest BCUT2D eigenvalue weighted by molar-refractivity contribution is -0.124. The number of hydrogen-bond acceptors (Lipinski definition) is 3. The first-order chi connectivity index (χ1) is 15.5. The van der Waals surface area contributed by atoms with Crippen LogP contribution in [0.2, 0.25) is 0 Å². The van der Waals surface area contributed by atoms with E-state index in [0.29, 0.717) is 18.9 Å². The van der Waals surface area contributed by atoms with Crippen LogP contribution in [-0.2, 0) is 11.3 Å². The Balaban J connectivity index is 1.33. The minimum absolute atomic E-state index is 0.0202. The van der Waals surface area contributed by atoms with Crippen LogP contribution in [0.1, 0.15) is 79.8 Å². The van der Waals surface area contributed by atoms with E-state index in [1.165, 1.54) is 24.0 Å². The first kappa shape index (κ1) is 24.2. The number of ketones is 1. The van der Waals surface area contributed by atoms with E-state index < -0.39 is 0 Å². The molecule has 2 aromatic rings. The number of rotatable bonds is 11. The van der Waals surface area contributed by atoms with Gasteiger partial charge in [-0.1, -0.05) is 74.9 Å². The van der Waals surface area contributed by atoms with Crippen LogP contribution in [0.5, 0.6) is 0 Å². The molecule has 4 heteroatoms. The molecule has 172 valence electrons. The fourth-order valence-corrected chi connectivity index (χ4v) is 4.41. The predicted octanol–water partition coefficient (Wildman–Crippen LogP) is 5.58. The van der Waals surface area contributed by atoms with Crippen LogP contribution in [0.25, 0.3) is 0 Å². The molecule has 4 nitrogen and oxygen atoms in total. The van der Waals surface area contributed by atoms with Crippen molar-refractivity contribution < 1.29 is 9.59 Å². The maximum atomic E-state index is 12.2. The Morgan fingerprint density at radius 2 is 1.72 bits per heavy atom. The van der Waals surface area contributed by atoms with Gasteiger partial charge in [-0.3, -0.25) is 9.59 Å². The van der Waals surface area contributed by atoms with Crippen LogP contribution in [0, 0.1) is 5.92 Å². The van der Waals surface area contributed by atoms with Crippen molar-refractivity contribution in [2.45, 2.75) is 64.8 Å². The number of nitrogens with zero attached hydrogens (tertiary/aromatic N) is 1. The summed E-state index contributed by atoms with van der Waals surface area (Å²) in [5, 5.41) is 3.02. The van der Waals surface area contributed by atoms with Crippen molar-refractivity contribution in [3.8, 4) is 0 Å². The molecule has 0 aromatic heterocycles. The van der Waals surface area contributed by atoms with Gasteiger partial charge in [0.25, 0.3) is 0 Å². The van der Waals surface area contributed by atoms with Crippen molar-refractivity contribution in [1.29, 1.82) is 0 Å². The lowest BCUT2D eigenvalue weighted by Crippen LogP contribution is -2.33. The number of hydrogen-bond donors (Lipinski definition) is 1. The average molecular weight is 435 g/mol. The number of unbranched alkanes of at least 4 members (excludes halogenated alkanes) is 2. The van der Waals surface area contributed by atoms with Crippen LogP contribution in [0.4, 0.5) is 0 Å². The van der Waals surface area contributed by atoms with E-state index in [9.17, 15) is 9.59 Å². The number of likely N-dealkylation sites (tertiary alicyclic amines) is 1. The number of Topliss-reactive ketones (excluding diaryl/α,β-unsaturated/α-hetero) is 1. The van der Waals surface area contributed by atoms with Gasteiger partial charge in [0.2, 0.25) is 5.91 Å². The molecule has 0 radical (unpaired) electrons. The number of nitrogens with one attached hydrogen (secondary N) is 1. The molecule has 1 aliphatic heterocycles. The molecular formula is C28H38N2O2. The van der Waals surface area contributed by atoms with E-state index in [4.69, 9.17) is 0 Å². The molecule has 3 rings (SSSR count). The molecule has 1 saturated heterocycles. The molecule has 32 heavy (non-hydrogen) atoms. The van der Waals surface area contributed by atoms with E-state index in [0.717, 1.165) is 44.5 Å². The maximum Gasteiger partial charge on any atom is 0.222 e.